The highest BCUT2D eigenvalue weighted by atomic mass is 19.1. The van der Waals surface area contributed by atoms with E-state index < -0.39 is 0 Å². The van der Waals surface area contributed by atoms with Crippen molar-refractivity contribution in [1.29, 1.82) is 0 Å². The van der Waals surface area contributed by atoms with Gasteiger partial charge in [0.2, 0.25) is 5.91 Å². The van der Waals surface area contributed by atoms with Crippen LogP contribution in [0.15, 0.2) is 36.7 Å². The van der Waals surface area contributed by atoms with E-state index in [0.29, 0.717) is 6.54 Å². The Balaban J connectivity index is 1.93. The van der Waals surface area contributed by atoms with Gasteiger partial charge < -0.3 is 4.90 Å². The predicted molar refractivity (Wildman–Crippen MR) is 65.2 cm³/mol. The summed E-state index contributed by atoms with van der Waals surface area (Å²) < 4.78 is 12.7. The highest BCUT2D eigenvalue weighted by molar-refractivity contribution is 5.78. The molecule has 0 saturated carbocycles. The molecule has 0 saturated heterocycles. The lowest BCUT2D eigenvalue weighted by Crippen LogP contribution is -2.27. The van der Waals surface area contributed by atoms with E-state index in [9.17, 15) is 9.18 Å². The number of rotatable bonds is 4. The molecule has 1 aromatic carbocycles. The summed E-state index contributed by atoms with van der Waals surface area (Å²) in [5.41, 5.74) is 1.75. The van der Waals surface area contributed by atoms with Crippen LogP contribution < -0.4 is 0 Å². The third-order valence-corrected chi connectivity index (χ3v) is 2.67. The average molecular weight is 247 g/mol. The molecule has 5 heteroatoms. The van der Waals surface area contributed by atoms with Crippen LogP contribution in [0.4, 0.5) is 4.39 Å². The zero-order valence-corrected chi connectivity index (χ0v) is 10.1. The van der Waals surface area contributed by atoms with Crippen molar-refractivity contribution in [3.63, 3.8) is 0 Å². The van der Waals surface area contributed by atoms with E-state index in [0.717, 1.165) is 11.1 Å². The first kappa shape index (κ1) is 12.3. The van der Waals surface area contributed by atoms with Gasteiger partial charge >= 0.3 is 0 Å². The largest absolute Gasteiger partial charge is 0.341 e. The van der Waals surface area contributed by atoms with E-state index in [1.165, 1.54) is 12.1 Å². The molecular weight excluding hydrogens is 233 g/mol. The Morgan fingerprint density at radius 3 is 2.67 bits per heavy atom. The second-order valence-corrected chi connectivity index (χ2v) is 4.16. The van der Waals surface area contributed by atoms with Crippen molar-refractivity contribution in [3.05, 3.63) is 53.6 Å². The van der Waals surface area contributed by atoms with E-state index in [4.69, 9.17) is 0 Å². The Labute approximate surface area is 104 Å². The number of nitrogens with zero attached hydrogens (tertiary/aromatic N) is 2. The summed E-state index contributed by atoms with van der Waals surface area (Å²) in [4.78, 5) is 13.5. The molecule has 1 amide bonds. The number of hydrogen-bond acceptors (Lipinski definition) is 2. The molecular formula is C13H14FN3O. The number of carbonyl (C=O) groups excluding carboxylic acids is 1. The molecule has 4 nitrogen and oxygen atoms in total. The summed E-state index contributed by atoms with van der Waals surface area (Å²) in [5, 5.41) is 6.52. The normalized spacial score (nSPS) is 10.3. The molecule has 0 spiro atoms. The maximum Gasteiger partial charge on any atom is 0.227 e. The van der Waals surface area contributed by atoms with Crippen LogP contribution in [0.1, 0.15) is 11.1 Å². The lowest BCUT2D eigenvalue weighted by molar-refractivity contribution is -0.129. The zero-order valence-electron chi connectivity index (χ0n) is 10.1. The second kappa shape index (κ2) is 5.44. The fourth-order valence-electron chi connectivity index (χ4n) is 1.64. The molecule has 0 aliphatic rings. The van der Waals surface area contributed by atoms with Gasteiger partial charge in [-0.05, 0) is 17.7 Å². The van der Waals surface area contributed by atoms with Crippen molar-refractivity contribution in [2.75, 3.05) is 7.05 Å². The van der Waals surface area contributed by atoms with E-state index in [2.05, 4.69) is 10.2 Å². The molecule has 0 fully saturated rings. The number of carbonyl (C=O) groups is 1. The van der Waals surface area contributed by atoms with Crippen molar-refractivity contribution in [3.8, 4) is 0 Å². The molecule has 1 aromatic heterocycles. The Hall–Kier alpha value is -2.17. The van der Waals surface area contributed by atoms with Gasteiger partial charge in [0.15, 0.2) is 0 Å². The van der Waals surface area contributed by atoms with Crippen molar-refractivity contribution in [2.24, 2.45) is 0 Å². The van der Waals surface area contributed by atoms with Crippen LogP contribution in [0.3, 0.4) is 0 Å². The lowest BCUT2D eigenvalue weighted by Gasteiger charge is -2.16. The van der Waals surface area contributed by atoms with Crippen LogP contribution in [0.5, 0.6) is 0 Å². The van der Waals surface area contributed by atoms with Crippen molar-refractivity contribution >= 4 is 5.91 Å². The fraction of sp³-hybridized carbons (Fsp3) is 0.231. The Kier molecular flexibility index (Phi) is 3.72. The number of benzene rings is 1. The molecule has 0 bridgehead atoms. The SMILES string of the molecule is CN(Cc1cn[nH]c1)C(=O)Cc1ccc(F)cc1. The summed E-state index contributed by atoms with van der Waals surface area (Å²) in [6.45, 7) is 0.510. The first-order valence-electron chi connectivity index (χ1n) is 5.61. The quantitative estimate of drug-likeness (QED) is 0.894. The number of nitrogens with one attached hydrogen (secondary N) is 1. The minimum Gasteiger partial charge on any atom is -0.341 e. The Morgan fingerprint density at radius 2 is 2.06 bits per heavy atom. The molecule has 0 aliphatic carbocycles. The number of aromatic nitrogens is 2. The minimum atomic E-state index is -0.294. The first-order chi connectivity index (χ1) is 8.65. The minimum absolute atomic E-state index is 0.0113. The standard InChI is InChI=1S/C13H14FN3O/c1-17(9-11-7-15-16-8-11)13(18)6-10-2-4-12(14)5-3-10/h2-5,7-8H,6,9H2,1H3,(H,15,16). The van der Waals surface area contributed by atoms with E-state index >= 15 is 0 Å². The molecule has 0 radical (unpaired) electrons. The van der Waals surface area contributed by atoms with E-state index in [1.54, 1.807) is 36.5 Å². The van der Waals surface area contributed by atoms with Gasteiger partial charge in [-0.3, -0.25) is 9.89 Å². The van der Waals surface area contributed by atoms with Gasteiger partial charge in [-0.15, -0.1) is 0 Å². The smallest absolute Gasteiger partial charge is 0.227 e. The van der Waals surface area contributed by atoms with Crippen LogP contribution >= 0.6 is 0 Å². The molecule has 2 aromatic rings. The van der Waals surface area contributed by atoms with Crippen molar-refractivity contribution in [1.82, 2.24) is 15.1 Å². The van der Waals surface area contributed by atoms with E-state index in [-0.39, 0.29) is 18.1 Å². The van der Waals surface area contributed by atoms with Gasteiger partial charge in [0.25, 0.3) is 0 Å². The topological polar surface area (TPSA) is 49.0 Å². The van der Waals surface area contributed by atoms with Crippen molar-refractivity contribution in [2.45, 2.75) is 13.0 Å². The molecule has 1 N–H and O–H groups in total. The van der Waals surface area contributed by atoms with E-state index in [1.807, 2.05) is 0 Å². The Bertz CT molecular complexity index is 508. The van der Waals surface area contributed by atoms with Gasteiger partial charge in [-0.25, -0.2) is 4.39 Å². The van der Waals surface area contributed by atoms with Crippen LogP contribution in [0.25, 0.3) is 0 Å². The van der Waals surface area contributed by atoms with Crippen LogP contribution in [-0.4, -0.2) is 28.1 Å². The number of H-pyrrole nitrogens is 1. The highest BCUT2D eigenvalue weighted by Crippen LogP contribution is 2.07. The van der Waals surface area contributed by atoms with Crippen LogP contribution in [0.2, 0.25) is 0 Å². The summed E-state index contributed by atoms with van der Waals surface area (Å²) in [7, 11) is 1.73. The third-order valence-electron chi connectivity index (χ3n) is 2.67. The maximum absolute atomic E-state index is 12.7. The number of hydrogen-bond donors (Lipinski definition) is 1. The summed E-state index contributed by atoms with van der Waals surface area (Å²) in [6.07, 6.45) is 3.71. The maximum atomic E-state index is 12.7. The third kappa shape index (κ3) is 3.16. The zero-order chi connectivity index (χ0) is 13.0. The second-order valence-electron chi connectivity index (χ2n) is 4.16. The molecule has 2 rings (SSSR count). The first-order valence-corrected chi connectivity index (χ1v) is 5.61. The molecule has 18 heavy (non-hydrogen) atoms. The molecule has 0 aliphatic heterocycles. The van der Waals surface area contributed by atoms with Crippen LogP contribution in [0, 0.1) is 5.82 Å². The molecule has 0 unspecified atom stereocenters. The molecule has 94 valence electrons. The number of halogens is 1. The van der Waals surface area contributed by atoms with Crippen LogP contribution in [-0.2, 0) is 17.8 Å². The van der Waals surface area contributed by atoms with Gasteiger partial charge in [0, 0.05) is 25.4 Å². The van der Waals surface area contributed by atoms with Gasteiger partial charge in [-0.2, -0.15) is 5.10 Å². The summed E-state index contributed by atoms with van der Waals surface area (Å²) in [6, 6.07) is 5.97. The Morgan fingerprint density at radius 1 is 1.33 bits per heavy atom. The predicted octanol–water partition coefficient (Wildman–Crippen LogP) is 1.75. The number of amides is 1. The van der Waals surface area contributed by atoms with Gasteiger partial charge in [0.05, 0.1) is 12.6 Å². The monoisotopic (exact) mass is 247 g/mol. The number of aromatic amines is 1. The summed E-state index contributed by atoms with van der Waals surface area (Å²) >= 11 is 0. The summed E-state index contributed by atoms with van der Waals surface area (Å²) in [5.74, 6) is -0.305. The average Bonchev–Trinajstić information content (AvgIpc) is 2.85. The highest BCUT2D eigenvalue weighted by Gasteiger charge is 2.10. The molecule has 1 heterocycles. The lowest BCUT2D eigenvalue weighted by atomic mass is 10.1. The number of likely N-dealkylation sites (N-methyl/N-ethyl adjacent to an activating group) is 1. The van der Waals surface area contributed by atoms with Gasteiger partial charge in [-0.1, -0.05) is 12.1 Å². The van der Waals surface area contributed by atoms with Gasteiger partial charge in [0.1, 0.15) is 5.82 Å². The van der Waals surface area contributed by atoms with Crippen molar-refractivity contribution < 1.29 is 9.18 Å². The molecule has 0 atom stereocenters. The fourth-order valence-corrected chi connectivity index (χ4v) is 1.64.